The Hall–Kier alpha value is -0.670. The lowest BCUT2D eigenvalue weighted by molar-refractivity contribution is 0.0951. The highest BCUT2D eigenvalue weighted by molar-refractivity contribution is 9.10. The van der Waals surface area contributed by atoms with Crippen molar-refractivity contribution in [2.75, 3.05) is 6.54 Å². The standard InChI is InChI=1S/C13H18BrNO/c1-3-4-9-15-10(2)13(16)11-5-7-12(14)8-6-11/h5-8,10,15H,3-4,9H2,1-2H3. The van der Waals surface area contributed by atoms with E-state index in [1.807, 2.05) is 31.2 Å². The highest BCUT2D eigenvalue weighted by atomic mass is 79.9. The summed E-state index contributed by atoms with van der Waals surface area (Å²) in [6.45, 7) is 4.96. The molecule has 3 heteroatoms. The maximum absolute atomic E-state index is 12.0. The number of unbranched alkanes of at least 4 members (excludes halogenated alkanes) is 1. The van der Waals surface area contributed by atoms with Gasteiger partial charge in [-0.2, -0.15) is 0 Å². The Labute approximate surface area is 106 Å². The Morgan fingerprint density at radius 2 is 2.00 bits per heavy atom. The number of nitrogens with one attached hydrogen (secondary N) is 1. The molecule has 0 heterocycles. The van der Waals surface area contributed by atoms with E-state index in [0.29, 0.717) is 0 Å². The van der Waals surface area contributed by atoms with Crippen molar-refractivity contribution < 1.29 is 4.79 Å². The smallest absolute Gasteiger partial charge is 0.179 e. The molecule has 0 aliphatic rings. The zero-order valence-corrected chi connectivity index (χ0v) is 11.4. The van der Waals surface area contributed by atoms with E-state index in [9.17, 15) is 4.79 Å². The van der Waals surface area contributed by atoms with E-state index in [1.54, 1.807) is 0 Å². The zero-order chi connectivity index (χ0) is 12.0. The number of carbonyl (C=O) groups excluding carboxylic acids is 1. The van der Waals surface area contributed by atoms with Crippen LogP contribution in [0, 0.1) is 0 Å². The third-order valence-corrected chi connectivity index (χ3v) is 3.03. The summed E-state index contributed by atoms with van der Waals surface area (Å²) >= 11 is 3.36. The van der Waals surface area contributed by atoms with Gasteiger partial charge in [0.25, 0.3) is 0 Å². The Kier molecular flexibility index (Phi) is 5.71. The number of ketones is 1. The second-order valence-electron chi connectivity index (χ2n) is 3.90. The Morgan fingerprint density at radius 3 is 2.56 bits per heavy atom. The average molecular weight is 284 g/mol. The molecule has 1 atom stereocenters. The summed E-state index contributed by atoms with van der Waals surface area (Å²) in [7, 11) is 0. The average Bonchev–Trinajstić information content (AvgIpc) is 2.29. The van der Waals surface area contributed by atoms with Gasteiger partial charge in [0, 0.05) is 10.0 Å². The molecule has 0 bridgehead atoms. The fourth-order valence-electron chi connectivity index (χ4n) is 1.45. The summed E-state index contributed by atoms with van der Waals surface area (Å²) in [6.07, 6.45) is 2.25. The van der Waals surface area contributed by atoms with E-state index in [4.69, 9.17) is 0 Å². The molecule has 0 aliphatic heterocycles. The van der Waals surface area contributed by atoms with Gasteiger partial charge in [0.1, 0.15) is 0 Å². The summed E-state index contributed by atoms with van der Waals surface area (Å²) in [4.78, 5) is 12.0. The topological polar surface area (TPSA) is 29.1 Å². The lowest BCUT2D eigenvalue weighted by atomic mass is 10.1. The second kappa shape index (κ2) is 6.81. The van der Waals surface area contributed by atoms with Gasteiger partial charge >= 0.3 is 0 Å². The van der Waals surface area contributed by atoms with Crippen molar-refractivity contribution in [3.63, 3.8) is 0 Å². The molecule has 0 saturated carbocycles. The predicted molar refractivity (Wildman–Crippen MR) is 70.8 cm³/mol. The van der Waals surface area contributed by atoms with Crippen LogP contribution in [-0.4, -0.2) is 18.4 Å². The van der Waals surface area contributed by atoms with Crippen LogP contribution in [0.25, 0.3) is 0 Å². The van der Waals surface area contributed by atoms with Gasteiger partial charge in [-0.15, -0.1) is 0 Å². The molecule has 1 rings (SSSR count). The summed E-state index contributed by atoms with van der Waals surface area (Å²) in [6, 6.07) is 7.39. The fraction of sp³-hybridized carbons (Fsp3) is 0.462. The highest BCUT2D eigenvalue weighted by Crippen LogP contribution is 2.12. The monoisotopic (exact) mass is 283 g/mol. The zero-order valence-electron chi connectivity index (χ0n) is 9.79. The number of carbonyl (C=O) groups is 1. The summed E-state index contributed by atoms with van der Waals surface area (Å²) in [5.41, 5.74) is 0.764. The normalized spacial score (nSPS) is 12.4. The lowest BCUT2D eigenvalue weighted by Gasteiger charge is -2.12. The minimum absolute atomic E-state index is 0.104. The van der Waals surface area contributed by atoms with E-state index in [0.717, 1.165) is 29.4 Å². The van der Waals surface area contributed by atoms with Crippen molar-refractivity contribution in [2.45, 2.75) is 32.7 Å². The van der Waals surface area contributed by atoms with Crippen molar-refractivity contribution in [1.82, 2.24) is 5.32 Å². The summed E-state index contributed by atoms with van der Waals surface area (Å²) in [5.74, 6) is 0.156. The van der Waals surface area contributed by atoms with E-state index in [1.165, 1.54) is 0 Å². The van der Waals surface area contributed by atoms with E-state index >= 15 is 0 Å². The molecule has 0 amide bonds. The Bertz CT molecular complexity index is 334. The van der Waals surface area contributed by atoms with Crippen LogP contribution in [0.2, 0.25) is 0 Å². The van der Waals surface area contributed by atoms with Crippen molar-refractivity contribution in [1.29, 1.82) is 0 Å². The fourth-order valence-corrected chi connectivity index (χ4v) is 1.72. The predicted octanol–water partition coefficient (Wildman–Crippen LogP) is 3.41. The third kappa shape index (κ3) is 4.06. The first kappa shape index (κ1) is 13.4. The molecule has 1 unspecified atom stereocenters. The van der Waals surface area contributed by atoms with Gasteiger partial charge in [-0.25, -0.2) is 0 Å². The van der Waals surface area contributed by atoms with E-state index in [2.05, 4.69) is 28.2 Å². The second-order valence-corrected chi connectivity index (χ2v) is 4.82. The van der Waals surface area contributed by atoms with Crippen LogP contribution in [0.1, 0.15) is 37.0 Å². The number of rotatable bonds is 6. The van der Waals surface area contributed by atoms with Gasteiger partial charge in [-0.05, 0) is 32.0 Å². The third-order valence-electron chi connectivity index (χ3n) is 2.50. The van der Waals surface area contributed by atoms with Crippen molar-refractivity contribution in [2.24, 2.45) is 0 Å². The molecule has 1 aromatic rings. The van der Waals surface area contributed by atoms with Gasteiger partial charge in [0.05, 0.1) is 6.04 Å². The maximum atomic E-state index is 12.0. The minimum Gasteiger partial charge on any atom is -0.307 e. The number of hydrogen-bond acceptors (Lipinski definition) is 2. The number of hydrogen-bond donors (Lipinski definition) is 1. The SMILES string of the molecule is CCCCNC(C)C(=O)c1ccc(Br)cc1. The molecule has 0 saturated heterocycles. The van der Waals surface area contributed by atoms with Crippen LogP contribution in [0.5, 0.6) is 0 Å². The van der Waals surface area contributed by atoms with Gasteiger partial charge in [0.15, 0.2) is 5.78 Å². The summed E-state index contributed by atoms with van der Waals surface area (Å²) < 4.78 is 0.996. The largest absolute Gasteiger partial charge is 0.307 e. The van der Waals surface area contributed by atoms with Crippen LogP contribution < -0.4 is 5.32 Å². The number of halogens is 1. The lowest BCUT2D eigenvalue weighted by Crippen LogP contribution is -2.34. The van der Waals surface area contributed by atoms with Crippen molar-refractivity contribution in [3.05, 3.63) is 34.3 Å². The van der Waals surface area contributed by atoms with Gasteiger partial charge in [-0.1, -0.05) is 41.4 Å². The molecule has 16 heavy (non-hydrogen) atoms. The first-order chi connectivity index (χ1) is 7.65. The molecule has 0 aliphatic carbocycles. The molecule has 0 spiro atoms. The quantitative estimate of drug-likeness (QED) is 0.640. The van der Waals surface area contributed by atoms with Gasteiger partial charge < -0.3 is 5.32 Å². The van der Waals surface area contributed by atoms with Crippen LogP contribution in [0.4, 0.5) is 0 Å². The van der Waals surface area contributed by atoms with Crippen molar-refractivity contribution >= 4 is 21.7 Å². The van der Waals surface area contributed by atoms with Gasteiger partial charge in [-0.3, -0.25) is 4.79 Å². The first-order valence-corrected chi connectivity index (χ1v) is 6.47. The van der Waals surface area contributed by atoms with Crippen LogP contribution in [-0.2, 0) is 0 Å². The molecular weight excluding hydrogens is 266 g/mol. The van der Waals surface area contributed by atoms with Crippen molar-refractivity contribution in [3.8, 4) is 0 Å². The molecule has 1 N–H and O–H groups in total. The Balaban J connectivity index is 2.53. The molecule has 0 radical (unpaired) electrons. The number of benzene rings is 1. The van der Waals surface area contributed by atoms with Gasteiger partial charge in [0.2, 0.25) is 0 Å². The molecule has 1 aromatic carbocycles. The molecule has 0 aromatic heterocycles. The van der Waals surface area contributed by atoms with Crippen LogP contribution in [0.15, 0.2) is 28.7 Å². The van der Waals surface area contributed by atoms with E-state index in [-0.39, 0.29) is 11.8 Å². The molecule has 0 fully saturated rings. The number of Topliss-reactive ketones (excluding diaryl/α,β-unsaturated/α-hetero) is 1. The highest BCUT2D eigenvalue weighted by Gasteiger charge is 2.13. The van der Waals surface area contributed by atoms with Crippen LogP contribution >= 0.6 is 15.9 Å². The summed E-state index contributed by atoms with van der Waals surface area (Å²) in [5, 5.41) is 3.24. The Morgan fingerprint density at radius 1 is 1.38 bits per heavy atom. The van der Waals surface area contributed by atoms with E-state index < -0.39 is 0 Å². The molecule has 88 valence electrons. The molecular formula is C13H18BrNO. The first-order valence-electron chi connectivity index (χ1n) is 5.68. The minimum atomic E-state index is -0.104. The molecule has 2 nitrogen and oxygen atoms in total. The maximum Gasteiger partial charge on any atom is 0.179 e. The van der Waals surface area contributed by atoms with Crippen LogP contribution in [0.3, 0.4) is 0 Å².